The molecule has 1 aromatic heterocycles. The summed E-state index contributed by atoms with van der Waals surface area (Å²) in [5.41, 5.74) is 1.10. The van der Waals surface area contributed by atoms with Gasteiger partial charge in [0.05, 0.1) is 11.2 Å². The van der Waals surface area contributed by atoms with Crippen molar-refractivity contribution < 1.29 is 4.79 Å². The molecule has 5 heteroatoms. The van der Waals surface area contributed by atoms with Crippen molar-refractivity contribution in [2.75, 3.05) is 0 Å². The van der Waals surface area contributed by atoms with Crippen LogP contribution in [0.15, 0.2) is 30.5 Å². The number of ketones is 1. The second-order valence-corrected chi connectivity index (χ2v) is 6.58. The molecule has 0 bridgehead atoms. The number of carbonyl (C=O) groups excluding carboxylic acids is 1. The van der Waals surface area contributed by atoms with Gasteiger partial charge in [0.25, 0.3) is 0 Å². The summed E-state index contributed by atoms with van der Waals surface area (Å²) in [6.45, 7) is 1.62. The summed E-state index contributed by atoms with van der Waals surface area (Å²) in [6.07, 6.45) is 2.96. The van der Waals surface area contributed by atoms with E-state index in [0.717, 1.165) is 10.6 Å². The molecular weight excluding hydrogens is 301 g/mol. The summed E-state index contributed by atoms with van der Waals surface area (Å²) in [4.78, 5) is 16.0. The first-order valence-electron chi connectivity index (χ1n) is 5.89. The highest BCUT2D eigenvalue weighted by atomic mass is 35.5. The lowest BCUT2D eigenvalue weighted by Crippen LogP contribution is -2.16. The van der Waals surface area contributed by atoms with E-state index in [9.17, 15) is 4.79 Å². The number of halogens is 2. The van der Waals surface area contributed by atoms with Crippen LogP contribution < -0.4 is 0 Å². The molecule has 1 heterocycles. The summed E-state index contributed by atoms with van der Waals surface area (Å²) in [7, 11) is 0. The smallest absolute Gasteiger partial charge is 0.133 e. The molecule has 2 rings (SSSR count). The maximum Gasteiger partial charge on any atom is 0.133 e. The average Bonchev–Trinajstić information content (AvgIpc) is 2.76. The zero-order valence-electron chi connectivity index (χ0n) is 10.4. The van der Waals surface area contributed by atoms with Crippen molar-refractivity contribution in [3.05, 3.63) is 50.4 Å². The Morgan fingerprint density at radius 2 is 1.95 bits per heavy atom. The van der Waals surface area contributed by atoms with Gasteiger partial charge in [-0.3, -0.25) is 4.79 Å². The third-order valence-corrected chi connectivity index (χ3v) is 4.31. The van der Waals surface area contributed by atoms with Crippen LogP contribution in [0.3, 0.4) is 0 Å². The SMILES string of the molecule is CC(=O)C(Cc1ccc(Cl)cc1)Cc1ncc(Cl)s1. The second kappa shape index (κ2) is 6.51. The highest BCUT2D eigenvalue weighted by Gasteiger charge is 2.17. The maximum atomic E-state index is 11.7. The van der Waals surface area contributed by atoms with Crippen LogP contribution >= 0.6 is 34.5 Å². The number of benzene rings is 1. The monoisotopic (exact) mass is 313 g/mol. The number of hydrogen-bond acceptors (Lipinski definition) is 3. The Bertz CT molecular complexity index is 565. The van der Waals surface area contributed by atoms with E-state index >= 15 is 0 Å². The number of carbonyl (C=O) groups is 1. The molecule has 0 spiro atoms. The largest absolute Gasteiger partial charge is 0.300 e. The Morgan fingerprint density at radius 1 is 1.26 bits per heavy atom. The molecule has 0 aliphatic carbocycles. The quantitative estimate of drug-likeness (QED) is 0.816. The third kappa shape index (κ3) is 4.30. The first-order chi connectivity index (χ1) is 9.04. The van der Waals surface area contributed by atoms with Gasteiger partial charge in [0.1, 0.15) is 10.1 Å². The lowest BCUT2D eigenvalue weighted by atomic mass is 9.93. The summed E-state index contributed by atoms with van der Waals surface area (Å²) in [6, 6.07) is 7.59. The number of rotatable bonds is 5. The summed E-state index contributed by atoms with van der Waals surface area (Å²) in [5.74, 6) is 0.102. The molecule has 1 aromatic carbocycles. The molecule has 1 unspecified atom stereocenters. The van der Waals surface area contributed by atoms with Crippen molar-refractivity contribution in [3.63, 3.8) is 0 Å². The summed E-state index contributed by atoms with van der Waals surface area (Å²) >= 11 is 13.1. The van der Waals surface area contributed by atoms with Gasteiger partial charge in [-0.05, 0) is 31.0 Å². The molecule has 0 N–H and O–H groups in total. The Labute approximate surface area is 126 Å². The van der Waals surface area contributed by atoms with Gasteiger partial charge in [-0.25, -0.2) is 4.98 Å². The van der Waals surface area contributed by atoms with Gasteiger partial charge in [0.2, 0.25) is 0 Å². The number of nitrogens with zero attached hydrogens (tertiary/aromatic N) is 1. The van der Waals surface area contributed by atoms with Crippen LogP contribution in [0.25, 0.3) is 0 Å². The molecule has 2 nitrogen and oxygen atoms in total. The van der Waals surface area contributed by atoms with E-state index in [4.69, 9.17) is 23.2 Å². The van der Waals surface area contributed by atoms with Crippen LogP contribution in [0, 0.1) is 5.92 Å². The fourth-order valence-electron chi connectivity index (χ4n) is 1.86. The topological polar surface area (TPSA) is 30.0 Å². The third-order valence-electron chi connectivity index (χ3n) is 2.92. The fraction of sp³-hybridized carbons (Fsp3) is 0.286. The molecule has 0 fully saturated rings. The predicted octanol–water partition coefficient (Wildman–Crippen LogP) is 4.44. The van der Waals surface area contributed by atoms with Crippen LogP contribution in [-0.4, -0.2) is 10.8 Å². The van der Waals surface area contributed by atoms with Crippen molar-refractivity contribution in [1.82, 2.24) is 4.98 Å². The molecule has 0 aliphatic heterocycles. The fourth-order valence-corrected chi connectivity index (χ4v) is 3.02. The van der Waals surface area contributed by atoms with Crippen molar-refractivity contribution >= 4 is 40.3 Å². The number of aromatic nitrogens is 1. The van der Waals surface area contributed by atoms with Crippen LogP contribution in [0.5, 0.6) is 0 Å². The minimum Gasteiger partial charge on any atom is -0.300 e. The van der Waals surface area contributed by atoms with E-state index in [1.54, 1.807) is 13.1 Å². The van der Waals surface area contributed by atoms with E-state index in [1.165, 1.54) is 11.3 Å². The van der Waals surface area contributed by atoms with E-state index in [1.807, 2.05) is 24.3 Å². The van der Waals surface area contributed by atoms with Gasteiger partial charge in [-0.1, -0.05) is 35.3 Å². The molecule has 0 saturated carbocycles. The van der Waals surface area contributed by atoms with E-state index in [0.29, 0.717) is 22.2 Å². The average molecular weight is 314 g/mol. The zero-order valence-corrected chi connectivity index (χ0v) is 12.7. The van der Waals surface area contributed by atoms with Crippen molar-refractivity contribution in [3.8, 4) is 0 Å². The standard InChI is InChI=1S/C14H13Cl2NOS/c1-9(18)11(7-14-17-8-13(16)19-14)6-10-2-4-12(15)5-3-10/h2-5,8,11H,6-7H2,1H3. The molecule has 100 valence electrons. The van der Waals surface area contributed by atoms with Gasteiger partial charge >= 0.3 is 0 Å². The molecule has 1 atom stereocenters. The lowest BCUT2D eigenvalue weighted by Gasteiger charge is -2.12. The van der Waals surface area contributed by atoms with Crippen LogP contribution in [0.4, 0.5) is 0 Å². The van der Waals surface area contributed by atoms with Gasteiger partial charge in [0.15, 0.2) is 0 Å². The van der Waals surface area contributed by atoms with Crippen molar-refractivity contribution in [2.24, 2.45) is 5.92 Å². The zero-order chi connectivity index (χ0) is 13.8. The molecule has 0 aliphatic rings. The van der Waals surface area contributed by atoms with Crippen LogP contribution in [-0.2, 0) is 17.6 Å². The molecule has 2 aromatic rings. The molecule has 19 heavy (non-hydrogen) atoms. The maximum absolute atomic E-state index is 11.7. The highest BCUT2D eigenvalue weighted by Crippen LogP contribution is 2.23. The molecular formula is C14H13Cl2NOS. The van der Waals surface area contributed by atoms with Gasteiger partial charge < -0.3 is 0 Å². The van der Waals surface area contributed by atoms with E-state index in [2.05, 4.69) is 4.98 Å². The molecule has 0 radical (unpaired) electrons. The van der Waals surface area contributed by atoms with Gasteiger partial charge in [-0.15, -0.1) is 11.3 Å². The first-order valence-corrected chi connectivity index (χ1v) is 7.47. The van der Waals surface area contributed by atoms with E-state index in [-0.39, 0.29) is 11.7 Å². The number of hydrogen-bond donors (Lipinski definition) is 0. The van der Waals surface area contributed by atoms with Gasteiger partial charge in [0, 0.05) is 17.4 Å². The Balaban J connectivity index is 2.08. The van der Waals surface area contributed by atoms with Crippen LogP contribution in [0.2, 0.25) is 9.36 Å². The lowest BCUT2D eigenvalue weighted by molar-refractivity contribution is -0.120. The van der Waals surface area contributed by atoms with Gasteiger partial charge in [-0.2, -0.15) is 0 Å². The second-order valence-electron chi connectivity index (χ2n) is 4.40. The summed E-state index contributed by atoms with van der Waals surface area (Å²) < 4.78 is 0.656. The Hall–Kier alpha value is -0.900. The first kappa shape index (κ1) is 14.5. The predicted molar refractivity (Wildman–Crippen MR) is 80.2 cm³/mol. The Morgan fingerprint density at radius 3 is 2.47 bits per heavy atom. The minimum absolute atomic E-state index is 0.0663. The Kier molecular flexibility index (Phi) is 4.97. The number of Topliss-reactive ketones (excluding diaryl/α,β-unsaturated/α-hetero) is 1. The van der Waals surface area contributed by atoms with E-state index < -0.39 is 0 Å². The summed E-state index contributed by atoms with van der Waals surface area (Å²) in [5, 5.41) is 1.61. The molecule has 0 amide bonds. The minimum atomic E-state index is -0.0663. The van der Waals surface area contributed by atoms with Crippen molar-refractivity contribution in [1.29, 1.82) is 0 Å². The normalized spacial score (nSPS) is 12.4. The highest BCUT2D eigenvalue weighted by molar-refractivity contribution is 7.15. The van der Waals surface area contributed by atoms with Crippen LogP contribution in [0.1, 0.15) is 17.5 Å². The number of thiazole rings is 1. The molecule has 0 saturated heterocycles. The van der Waals surface area contributed by atoms with Crippen molar-refractivity contribution in [2.45, 2.75) is 19.8 Å².